The average Bonchev–Trinajstić information content (AvgIpc) is 2.54. The summed E-state index contributed by atoms with van der Waals surface area (Å²) >= 11 is 12.0. The minimum Gasteiger partial charge on any atom is -0.309 e. The van der Waals surface area contributed by atoms with Gasteiger partial charge in [-0.15, -0.1) is 0 Å². The van der Waals surface area contributed by atoms with E-state index in [0.29, 0.717) is 23.0 Å². The second kappa shape index (κ2) is 10.3. The van der Waals surface area contributed by atoms with Crippen molar-refractivity contribution >= 4 is 33.4 Å². The van der Waals surface area contributed by atoms with E-state index in [4.69, 9.17) is 28.5 Å². The molecular formula is C16H24Cl2N4O2S. The minimum atomic E-state index is -3.67. The van der Waals surface area contributed by atoms with Crippen LogP contribution in [0.4, 0.5) is 0 Å². The fraction of sp³-hybridized carbons (Fsp3) is 0.562. The molecule has 0 aliphatic carbocycles. The molecule has 0 N–H and O–H groups in total. The van der Waals surface area contributed by atoms with Crippen molar-refractivity contribution in [1.29, 1.82) is 5.26 Å². The molecule has 140 valence electrons. The normalized spacial score (nSPS) is 12.1. The molecule has 0 saturated heterocycles. The van der Waals surface area contributed by atoms with Gasteiger partial charge in [-0.1, -0.05) is 29.3 Å². The van der Waals surface area contributed by atoms with Gasteiger partial charge in [-0.2, -0.15) is 22.3 Å². The molecule has 0 amide bonds. The van der Waals surface area contributed by atoms with E-state index in [-0.39, 0.29) is 19.5 Å². The number of benzene rings is 1. The number of nitriles is 1. The monoisotopic (exact) mass is 406 g/mol. The second-order valence-electron chi connectivity index (χ2n) is 5.98. The quantitative estimate of drug-likeness (QED) is 0.598. The Kier molecular flexibility index (Phi) is 9.14. The van der Waals surface area contributed by atoms with Gasteiger partial charge in [-0.05, 0) is 44.8 Å². The summed E-state index contributed by atoms with van der Waals surface area (Å²) in [4.78, 5) is 2.00. The Morgan fingerprint density at radius 2 is 1.76 bits per heavy atom. The molecule has 1 rings (SSSR count). The first-order valence-electron chi connectivity index (χ1n) is 7.85. The molecule has 0 heterocycles. The highest BCUT2D eigenvalue weighted by molar-refractivity contribution is 7.86. The lowest BCUT2D eigenvalue weighted by Gasteiger charge is -2.27. The largest absolute Gasteiger partial charge is 0.309 e. The number of nitrogens with zero attached hydrogens (tertiary/aromatic N) is 4. The third-order valence-corrected chi connectivity index (χ3v) is 6.29. The van der Waals surface area contributed by atoms with E-state index in [0.717, 1.165) is 12.1 Å². The van der Waals surface area contributed by atoms with Gasteiger partial charge in [0.25, 0.3) is 10.2 Å². The van der Waals surface area contributed by atoms with Crippen molar-refractivity contribution in [2.24, 2.45) is 0 Å². The van der Waals surface area contributed by atoms with Crippen molar-refractivity contribution in [3.63, 3.8) is 0 Å². The second-order valence-corrected chi connectivity index (χ2v) is 8.83. The van der Waals surface area contributed by atoms with Gasteiger partial charge >= 0.3 is 0 Å². The fourth-order valence-corrected chi connectivity index (χ4v) is 3.91. The van der Waals surface area contributed by atoms with Gasteiger partial charge in [0.1, 0.15) is 0 Å². The van der Waals surface area contributed by atoms with E-state index < -0.39 is 10.2 Å². The molecule has 0 unspecified atom stereocenters. The van der Waals surface area contributed by atoms with Crippen LogP contribution in [0.2, 0.25) is 10.0 Å². The van der Waals surface area contributed by atoms with Gasteiger partial charge in [0, 0.05) is 33.1 Å². The molecule has 6 nitrogen and oxygen atoms in total. The SMILES string of the molecule is CN(C)CCCN(Cc1ccc(Cl)c(Cl)c1)S(=O)(=O)N(C)CCC#N. The molecule has 0 aliphatic heterocycles. The van der Waals surface area contributed by atoms with Crippen LogP contribution in [0.3, 0.4) is 0 Å². The lowest BCUT2D eigenvalue weighted by Crippen LogP contribution is -2.42. The van der Waals surface area contributed by atoms with E-state index in [1.807, 2.05) is 25.1 Å². The predicted octanol–water partition coefficient (Wildman–Crippen LogP) is 2.84. The molecule has 0 spiro atoms. The summed E-state index contributed by atoms with van der Waals surface area (Å²) in [6.07, 6.45) is 0.841. The Morgan fingerprint density at radius 3 is 2.32 bits per heavy atom. The van der Waals surface area contributed by atoms with Gasteiger partial charge in [0.05, 0.1) is 16.1 Å². The smallest absolute Gasteiger partial charge is 0.282 e. The third-order valence-electron chi connectivity index (χ3n) is 3.61. The van der Waals surface area contributed by atoms with Gasteiger partial charge in [0.2, 0.25) is 0 Å². The summed E-state index contributed by atoms with van der Waals surface area (Å²) in [6.45, 7) is 1.50. The molecule has 9 heteroatoms. The number of halogens is 2. The van der Waals surface area contributed by atoms with Gasteiger partial charge in [0.15, 0.2) is 0 Å². The van der Waals surface area contributed by atoms with Crippen LogP contribution in [0.15, 0.2) is 18.2 Å². The van der Waals surface area contributed by atoms with Crippen molar-refractivity contribution in [3.8, 4) is 6.07 Å². The summed E-state index contributed by atoms with van der Waals surface area (Å²) in [5, 5.41) is 9.52. The van der Waals surface area contributed by atoms with Crippen molar-refractivity contribution in [2.75, 3.05) is 40.8 Å². The molecule has 0 aliphatic rings. The van der Waals surface area contributed by atoms with Crippen molar-refractivity contribution in [1.82, 2.24) is 13.5 Å². The highest BCUT2D eigenvalue weighted by Gasteiger charge is 2.26. The number of hydrogen-bond donors (Lipinski definition) is 0. The Hall–Kier alpha value is -0.880. The first-order valence-corrected chi connectivity index (χ1v) is 10.0. The summed E-state index contributed by atoms with van der Waals surface area (Å²) < 4.78 is 28.3. The zero-order valence-electron chi connectivity index (χ0n) is 14.7. The molecule has 0 saturated carbocycles. The Balaban J connectivity index is 2.98. The zero-order chi connectivity index (χ0) is 19.0. The molecule has 1 aromatic carbocycles. The Labute approximate surface area is 160 Å². The molecule has 25 heavy (non-hydrogen) atoms. The summed E-state index contributed by atoms with van der Waals surface area (Å²) in [7, 11) is 1.70. The van der Waals surface area contributed by atoms with E-state index >= 15 is 0 Å². The van der Waals surface area contributed by atoms with E-state index in [2.05, 4.69) is 0 Å². The van der Waals surface area contributed by atoms with Crippen LogP contribution in [0.1, 0.15) is 18.4 Å². The molecule has 0 atom stereocenters. The molecule has 0 aromatic heterocycles. The van der Waals surface area contributed by atoms with Crippen LogP contribution in [0.5, 0.6) is 0 Å². The first-order chi connectivity index (χ1) is 11.7. The molecule has 1 aromatic rings. The minimum absolute atomic E-state index is 0.147. The van der Waals surface area contributed by atoms with E-state index in [9.17, 15) is 8.42 Å². The lowest BCUT2D eigenvalue weighted by atomic mass is 10.2. The van der Waals surface area contributed by atoms with Crippen molar-refractivity contribution in [2.45, 2.75) is 19.4 Å². The van der Waals surface area contributed by atoms with E-state index in [1.54, 1.807) is 18.2 Å². The van der Waals surface area contributed by atoms with Crippen LogP contribution in [0, 0.1) is 11.3 Å². The molecular weight excluding hydrogens is 383 g/mol. The van der Waals surface area contributed by atoms with Crippen LogP contribution in [0.25, 0.3) is 0 Å². The molecule has 0 fully saturated rings. The third kappa shape index (κ3) is 7.10. The highest BCUT2D eigenvalue weighted by atomic mass is 35.5. The van der Waals surface area contributed by atoms with E-state index in [1.165, 1.54) is 15.7 Å². The van der Waals surface area contributed by atoms with Gasteiger partial charge < -0.3 is 4.90 Å². The summed E-state index contributed by atoms with van der Waals surface area (Å²) in [6, 6.07) is 7.06. The standard InChI is InChI=1S/C16H24Cl2N4O2S/c1-20(2)9-5-11-22(25(23,24)21(3)10-4-8-19)13-14-6-7-15(17)16(18)12-14/h6-7,12H,4-5,9-11,13H2,1-3H3. The van der Waals surface area contributed by atoms with Gasteiger partial charge in [-0.3, -0.25) is 0 Å². The molecule has 0 bridgehead atoms. The number of hydrogen-bond acceptors (Lipinski definition) is 4. The maximum absolute atomic E-state index is 12.8. The van der Waals surface area contributed by atoms with Crippen LogP contribution < -0.4 is 0 Å². The van der Waals surface area contributed by atoms with Crippen molar-refractivity contribution in [3.05, 3.63) is 33.8 Å². The zero-order valence-corrected chi connectivity index (χ0v) is 17.1. The summed E-state index contributed by atoms with van der Waals surface area (Å²) in [5.74, 6) is 0. The number of rotatable bonds is 10. The maximum atomic E-state index is 12.8. The average molecular weight is 407 g/mol. The Bertz CT molecular complexity index is 705. The Morgan fingerprint density at radius 1 is 1.08 bits per heavy atom. The fourth-order valence-electron chi connectivity index (χ4n) is 2.20. The van der Waals surface area contributed by atoms with Crippen molar-refractivity contribution < 1.29 is 8.42 Å². The van der Waals surface area contributed by atoms with Crippen LogP contribution in [-0.2, 0) is 16.8 Å². The molecule has 0 radical (unpaired) electrons. The lowest BCUT2D eigenvalue weighted by molar-refractivity contribution is 0.324. The highest BCUT2D eigenvalue weighted by Crippen LogP contribution is 2.24. The maximum Gasteiger partial charge on any atom is 0.282 e. The van der Waals surface area contributed by atoms with Crippen LogP contribution >= 0.6 is 23.2 Å². The summed E-state index contributed by atoms with van der Waals surface area (Å²) in [5.41, 5.74) is 0.761. The predicted molar refractivity (Wildman–Crippen MR) is 102 cm³/mol. The van der Waals surface area contributed by atoms with Gasteiger partial charge in [-0.25, -0.2) is 0 Å². The van der Waals surface area contributed by atoms with Crippen LogP contribution in [-0.4, -0.2) is 62.7 Å². The first kappa shape index (κ1) is 22.2. The topological polar surface area (TPSA) is 67.7 Å².